The standard InChI is InChI=1S/C7H16/c1-5-7(4)6(2)3/h6-7H,5H2,1-4H3/t7-/m1/s1/i4D3. The minimum Gasteiger partial charge on any atom is -0.0651 e. The molecule has 0 aliphatic heterocycles. The van der Waals surface area contributed by atoms with E-state index in [2.05, 4.69) is 0 Å². The lowest BCUT2D eigenvalue weighted by molar-refractivity contribution is 0.407. The number of hydrogen-bond donors (Lipinski definition) is 0. The zero-order valence-corrected chi connectivity index (χ0v) is 5.36. The van der Waals surface area contributed by atoms with Gasteiger partial charge in [0.1, 0.15) is 0 Å². The molecule has 0 rings (SSSR count). The van der Waals surface area contributed by atoms with Gasteiger partial charge in [-0.25, -0.2) is 0 Å². The summed E-state index contributed by atoms with van der Waals surface area (Å²) in [6, 6.07) is 0. The first-order chi connectivity index (χ1) is 4.39. The molecule has 0 N–H and O–H groups in total. The van der Waals surface area contributed by atoms with Gasteiger partial charge in [0.05, 0.1) is 0 Å². The molecule has 0 aromatic rings. The molecule has 0 heteroatoms. The maximum absolute atomic E-state index is 7.15. The molecule has 0 radical (unpaired) electrons. The fourth-order valence-corrected chi connectivity index (χ4v) is 0.471. The molecule has 0 spiro atoms. The Morgan fingerprint density at radius 2 is 2.14 bits per heavy atom. The van der Waals surface area contributed by atoms with Crippen LogP contribution >= 0.6 is 0 Å². The second kappa shape index (κ2) is 3.06. The Morgan fingerprint density at radius 1 is 1.57 bits per heavy atom. The molecule has 0 nitrogen and oxygen atoms in total. The van der Waals surface area contributed by atoms with Crippen LogP contribution in [0.4, 0.5) is 0 Å². The van der Waals surface area contributed by atoms with E-state index < -0.39 is 6.85 Å². The van der Waals surface area contributed by atoms with Gasteiger partial charge in [-0.2, -0.15) is 0 Å². The summed E-state index contributed by atoms with van der Waals surface area (Å²) in [5.41, 5.74) is 0. The van der Waals surface area contributed by atoms with Crippen molar-refractivity contribution in [1.82, 2.24) is 0 Å². The highest BCUT2D eigenvalue weighted by Crippen LogP contribution is 2.11. The molecule has 0 amide bonds. The Bertz CT molecular complexity index is 93.5. The van der Waals surface area contributed by atoms with Crippen LogP contribution in [0.15, 0.2) is 0 Å². The fraction of sp³-hybridized carbons (Fsp3) is 1.00. The van der Waals surface area contributed by atoms with Gasteiger partial charge in [0.25, 0.3) is 0 Å². The molecule has 0 aliphatic carbocycles. The first-order valence-corrected chi connectivity index (χ1v) is 2.89. The topological polar surface area (TPSA) is 0 Å². The molecule has 0 fully saturated rings. The van der Waals surface area contributed by atoms with Crippen molar-refractivity contribution < 1.29 is 4.11 Å². The summed E-state index contributed by atoms with van der Waals surface area (Å²) in [4.78, 5) is 0. The van der Waals surface area contributed by atoms with Crippen molar-refractivity contribution in [1.29, 1.82) is 0 Å². The van der Waals surface area contributed by atoms with E-state index in [0.717, 1.165) is 6.42 Å². The van der Waals surface area contributed by atoms with Crippen LogP contribution in [-0.4, -0.2) is 0 Å². The monoisotopic (exact) mass is 103 g/mol. The summed E-state index contributed by atoms with van der Waals surface area (Å²) < 4.78 is 21.5. The van der Waals surface area contributed by atoms with E-state index in [0.29, 0.717) is 0 Å². The Hall–Kier alpha value is 0. The lowest BCUT2D eigenvalue weighted by atomic mass is 9.96. The fourth-order valence-electron chi connectivity index (χ4n) is 0.471. The molecular weight excluding hydrogens is 84.1 g/mol. The van der Waals surface area contributed by atoms with Crippen molar-refractivity contribution in [3.63, 3.8) is 0 Å². The Morgan fingerprint density at radius 3 is 2.14 bits per heavy atom. The van der Waals surface area contributed by atoms with E-state index in [9.17, 15) is 0 Å². The maximum Gasteiger partial charge on any atom is 0.0233 e. The maximum atomic E-state index is 7.15. The zero-order valence-electron chi connectivity index (χ0n) is 8.36. The SMILES string of the molecule is [2H]C([2H])([2H])[C@H](CC)C(C)C. The van der Waals surface area contributed by atoms with Crippen molar-refractivity contribution in [2.75, 3.05) is 0 Å². The third kappa shape index (κ3) is 2.67. The van der Waals surface area contributed by atoms with Gasteiger partial charge in [-0.1, -0.05) is 34.0 Å². The average Bonchev–Trinajstić information content (AvgIpc) is 1.60. The molecule has 0 aromatic heterocycles. The summed E-state index contributed by atoms with van der Waals surface area (Å²) >= 11 is 0. The summed E-state index contributed by atoms with van der Waals surface area (Å²) in [5, 5.41) is 0. The van der Waals surface area contributed by atoms with E-state index in [1.54, 1.807) is 0 Å². The van der Waals surface area contributed by atoms with Crippen LogP contribution < -0.4 is 0 Å². The molecular formula is C7H16. The van der Waals surface area contributed by atoms with Crippen LogP contribution in [0, 0.1) is 11.8 Å². The van der Waals surface area contributed by atoms with Gasteiger partial charge < -0.3 is 0 Å². The highest BCUT2D eigenvalue weighted by Gasteiger charge is 2.01. The van der Waals surface area contributed by atoms with Crippen LogP contribution in [0.2, 0.25) is 0 Å². The van der Waals surface area contributed by atoms with Gasteiger partial charge in [0.2, 0.25) is 0 Å². The third-order valence-corrected chi connectivity index (χ3v) is 1.24. The lowest BCUT2D eigenvalue weighted by Crippen LogP contribution is -2.00. The third-order valence-electron chi connectivity index (χ3n) is 1.24. The predicted molar refractivity (Wildman–Crippen MR) is 34.3 cm³/mol. The molecule has 0 aromatic carbocycles. The normalized spacial score (nSPS) is 23.1. The molecule has 0 heterocycles. The van der Waals surface area contributed by atoms with Gasteiger partial charge in [0, 0.05) is 4.11 Å². The van der Waals surface area contributed by atoms with Crippen LogP contribution in [0.5, 0.6) is 0 Å². The quantitative estimate of drug-likeness (QED) is 0.504. The van der Waals surface area contributed by atoms with Crippen LogP contribution in [-0.2, 0) is 0 Å². The highest BCUT2D eigenvalue weighted by molar-refractivity contribution is 4.52. The molecule has 0 bridgehead atoms. The minimum atomic E-state index is -1.76. The lowest BCUT2D eigenvalue weighted by Gasteiger charge is -2.10. The second-order valence-corrected chi connectivity index (χ2v) is 2.26. The minimum absolute atomic E-state index is 0.132. The average molecular weight is 103 g/mol. The Labute approximate surface area is 51.1 Å². The van der Waals surface area contributed by atoms with Gasteiger partial charge in [-0.3, -0.25) is 0 Å². The summed E-state index contributed by atoms with van der Waals surface area (Å²) in [5.74, 6) is 0.130. The number of rotatable bonds is 2. The zero-order chi connectivity index (χ0) is 8.36. The Balaban J connectivity index is 4.07. The van der Waals surface area contributed by atoms with E-state index in [-0.39, 0.29) is 11.8 Å². The van der Waals surface area contributed by atoms with Gasteiger partial charge in [-0.05, 0) is 11.8 Å². The van der Waals surface area contributed by atoms with Crippen molar-refractivity contribution in [3.05, 3.63) is 0 Å². The van der Waals surface area contributed by atoms with Crippen LogP contribution in [0.3, 0.4) is 0 Å². The second-order valence-electron chi connectivity index (χ2n) is 2.26. The van der Waals surface area contributed by atoms with Gasteiger partial charge in [-0.15, -0.1) is 0 Å². The molecule has 0 saturated carbocycles. The molecule has 44 valence electrons. The van der Waals surface area contributed by atoms with Gasteiger partial charge in [0.15, 0.2) is 0 Å². The van der Waals surface area contributed by atoms with Crippen molar-refractivity contribution >= 4 is 0 Å². The highest BCUT2D eigenvalue weighted by atomic mass is 14.1. The smallest absolute Gasteiger partial charge is 0.0233 e. The summed E-state index contributed by atoms with van der Waals surface area (Å²) in [7, 11) is 0. The van der Waals surface area contributed by atoms with Crippen molar-refractivity contribution in [2.45, 2.75) is 34.0 Å². The van der Waals surface area contributed by atoms with E-state index in [1.165, 1.54) is 0 Å². The summed E-state index contributed by atoms with van der Waals surface area (Å²) in [6.45, 7) is 4.08. The van der Waals surface area contributed by atoms with Crippen molar-refractivity contribution in [3.8, 4) is 0 Å². The predicted octanol–water partition coefficient (Wildman–Crippen LogP) is 2.69. The van der Waals surface area contributed by atoms with E-state index in [1.807, 2.05) is 20.8 Å². The van der Waals surface area contributed by atoms with E-state index >= 15 is 0 Å². The van der Waals surface area contributed by atoms with Crippen molar-refractivity contribution in [2.24, 2.45) is 11.8 Å². The summed E-state index contributed by atoms with van der Waals surface area (Å²) in [6.07, 6.45) is 0.744. The molecule has 0 unspecified atom stereocenters. The van der Waals surface area contributed by atoms with E-state index in [4.69, 9.17) is 4.11 Å². The van der Waals surface area contributed by atoms with Gasteiger partial charge >= 0.3 is 0 Å². The molecule has 0 saturated heterocycles. The first kappa shape index (κ1) is 3.11. The first-order valence-electron chi connectivity index (χ1n) is 4.39. The molecule has 1 atom stereocenters. The largest absolute Gasteiger partial charge is 0.0651 e. The Kier molecular flexibility index (Phi) is 1.36. The molecule has 0 aliphatic rings. The number of hydrogen-bond acceptors (Lipinski definition) is 0. The molecule has 7 heavy (non-hydrogen) atoms. The van der Waals surface area contributed by atoms with Crippen LogP contribution in [0.25, 0.3) is 0 Å². The van der Waals surface area contributed by atoms with Crippen LogP contribution in [0.1, 0.15) is 38.2 Å².